The van der Waals surface area contributed by atoms with E-state index in [0.717, 1.165) is 17.0 Å². The third-order valence-corrected chi connectivity index (χ3v) is 5.13. The van der Waals surface area contributed by atoms with Gasteiger partial charge in [0.25, 0.3) is 12.3 Å². The second-order valence-electron chi connectivity index (χ2n) is 6.31. The second-order valence-corrected chi connectivity index (χ2v) is 6.67. The molecule has 1 aromatic rings. The molecule has 0 atom stereocenters. The van der Waals surface area contributed by atoms with Gasteiger partial charge in [0.2, 0.25) is 0 Å². The normalized spacial score (nSPS) is 20.2. The van der Waals surface area contributed by atoms with E-state index in [1.807, 2.05) is 0 Å². The molecule has 1 saturated carbocycles. The van der Waals surface area contributed by atoms with E-state index in [2.05, 4.69) is 4.99 Å². The Morgan fingerprint density at radius 2 is 1.92 bits per heavy atom. The molecule has 9 heteroatoms. The molecule has 0 bridgehead atoms. The minimum Gasteiger partial charge on any atom is -0.394 e. The third-order valence-electron chi connectivity index (χ3n) is 4.78. The zero-order chi connectivity index (χ0) is 19.1. The van der Waals surface area contributed by atoms with Crippen molar-refractivity contribution in [3.8, 4) is 0 Å². The van der Waals surface area contributed by atoms with Crippen molar-refractivity contribution in [2.24, 2.45) is 10.7 Å². The maximum absolute atomic E-state index is 13.6. The van der Waals surface area contributed by atoms with Crippen molar-refractivity contribution >= 4 is 22.7 Å². The van der Waals surface area contributed by atoms with Gasteiger partial charge in [-0.25, -0.2) is 17.6 Å². The predicted octanol–water partition coefficient (Wildman–Crippen LogP) is 3.34. The highest BCUT2D eigenvalue weighted by molar-refractivity contribution is 6.69. The smallest absolute Gasteiger partial charge is 0.270 e. The Labute approximate surface area is 152 Å². The number of alkyl halides is 2. The zero-order valence-corrected chi connectivity index (χ0v) is 14.4. The number of benzene rings is 1. The van der Waals surface area contributed by atoms with Crippen molar-refractivity contribution in [2.45, 2.75) is 37.8 Å². The number of amides is 1. The lowest BCUT2D eigenvalue weighted by Gasteiger charge is -2.35. The summed E-state index contributed by atoms with van der Waals surface area (Å²) in [5.41, 5.74) is 4.04. The zero-order valence-electron chi connectivity index (χ0n) is 13.6. The average Bonchev–Trinajstić information content (AvgIpc) is 3.38. The van der Waals surface area contributed by atoms with Gasteiger partial charge in [0.15, 0.2) is 0 Å². The minimum atomic E-state index is -2.64. The first-order chi connectivity index (χ1) is 12.3. The molecule has 0 spiro atoms. The molecule has 0 radical (unpaired) electrons. The van der Waals surface area contributed by atoms with Gasteiger partial charge in [-0.05, 0) is 31.4 Å². The topological polar surface area (TPSA) is 58.7 Å². The van der Waals surface area contributed by atoms with Gasteiger partial charge in [-0.2, -0.15) is 0 Å². The van der Waals surface area contributed by atoms with E-state index >= 15 is 0 Å². The van der Waals surface area contributed by atoms with E-state index in [1.165, 1.54) is 6.07 Å². The number of rotatable bonds is 5. The average molecular weight is 390 g/mol. The summed E-state index contributed by atoms with van der Waals surface area (Å²) in [5.74, 6) is -2.24. The summed E-state index contributed by atoms with van der Waals surface area (Å²) in [6.07, 6.45) is -2.04. The number of aliphatic imine (C=N–C) groups is 1. The van der Waals surface area contributed by atoms with Crippen molar-refractivity contribution in [2.75, 3.05) is 6.54 Å². The standard InChI is InChI=1S/C17H16ClF4N3O/c18-14(24-8-10-11(19)2-1-3-12(10)20)9-4-7-25(15(26)13(9)23)17(5-6-17)16(21)22/h1-3,16H,4-8,23H2. The molecule has 2 N–H and O–H groups in total. The number of nitrogens with two attached hydrogens (primary N) is 1. The Kier molecular flexibility index (Phi) is 4.96. The van der Waals surface area contributed by atoms with E-state index < -0.39 is 29.5 Å². The van der Waals surface area contributed by atoms with Crippen molar-refractivity contribution < 1.29 is 22.4 Å². The highest BCUT2D eigenvalue weighted by Gasteiger charge is 2.58. The summed E-state index contributed by atoms with van der Waals surface area (Å²) >= 11 is 6.06. The molecule has 0 unspecified atom stereocenters. The highest BCUT2D eigenvalue weighted by Crippen LogP contribution is 2.48. The third kappa shape index (κ3) is 3.18. The maximum atomic E-state index is 13.6. The highest BCUT2D eigenvalue weighted by atomic mass is 35.5. The van der Waals surface area contributed by atoms with Gasteiger partial charge in [-0.15, -0.1) is 0 Å². The molecule has 1 amide bonds. The van der Waals surface area contributed by atoms with E-state index in [0.29, 0.717) is 0 Å². The summed E-state index contributed by atoms with van der Waals surface area (Å²) in [7, 11) is 0. The van der Waals surface area contributed by atoms with Crippen molar-refractivity contribution in [1.82, 2.24) is 4.90 Å². The lowest BCUT2D eigenvalue weighted by Crippen LogP contribution is -2.51. The van der Waals surface area contributed by atoms with Gasteiger partial charge in [-0.1, -0.05) is 17.7 Å². The molecule has 3 rings (SSSR count). The van der Waals surface area contributed by atoms with Crippen LogP contribution in [0.1, 0.15) is 24.8 Å². The quantitative estimate of drug-likeness (QED) is 0.620. The van der Waals surface area contributed by atoms with Crippen LogP contribution in [0.2, 0.25) is 0 Å². The number of hydrogen-bond acceptors (Lipinski definition) is 3. The van der Waals surface area contributed by atoms with E-state index in [9.17, 15) is 22.4 Å². The number of nitrogens with zero attached hydrogens (tertiary/aromatic N) is 2. The van der Waals surface area contributed by atoms with Crippen LogP contribution < -0.4 is 5.73 Å². The molecular formula is C17H16ClF4N3O. The summed E-state index contributed by atoms with van der Waals surface area (Å²) in [6.45, 7) is -0.327. The molecule has 0 aromatic heterocycles. The number of carbonyl (C=O) groups is 1. The Hall–Kier alpha value is -2.09. The largest absolute Gasteiger partial charge is 0.394 e. The predicted molar refractivity (Wildman–Crippen MR) is 88.9 cm³/mol. The lowest BCUT2D eigenvalue weighted by molar-refractivity contribution is -0.135. The molecule has 1 fully saturated rings. The molecule has 1 aliphatic carbocycles. The molecule has 4 nitrogen and oxygen atoms in total. The van der Waals surface area contributed by atoms with Crippen LogP contribution in [0.4, 0.5) is 17.6 Å². The SMILES string of the molecule is NC1=C(C(Cl)=NCc2c(F)cccc2F)CCN(C2(C(F)F)CC2)C1=O. The molecule has 26 heavy (non-hydrogen) atoms. The molecule has 1 aliphatic heterocycles. The molecule has 2 aliphatic rings. The molecule has 140 valence electrons. The molecule has 0 saturated heterocycles. The Morgan fingerprint density at radius 3 is 2.46 bits per heavy atom. The number of carbonyl (C=O) groups excluding carboxylic acids is 1. The maximum Gasteiger partial charge on any atom is 0.270 e. The monoisotopic (exact) mass is 389 g/mol. The minimum absolute atomic E-state index is 0.0407. The van der Waals surface area contributed by atoms with Gasteiger partial charge in [0.1, 0.15) is 28.0 Å². The van der Waals surface area contributed by atoms with Crippen LogP contribution in [0.25, 0.3) is 0 Å². The summed E-state index contributed by atoms with van der Waals surface area (Å²) in [4.78, 5) is 17.4. The first kappa shape index (κ1) is 18.7. The van der Waals surface area contributed by atoms with Crippen LogP contribution in [0.3, 0.4) is 0 Å². The van der Waals surface area contributed by atoms with Crippen molar-refractivity contribution in [3.05, 3.63) is 46.7 Å². The summed E-state index contributed by atoms with van der Waals surface area (Å²) < 4.78 is 53.7. The van der Waals surface area contributed by atoms with Gasteiger partial charge in [0.05, 0.1) is 6.54 Å². The van der Waals surface area contributed by atoms with Crippen LogP contribution in [0, 0.1) is 11.6 Å². The van der Waals surface area contributed by atoms with E-state index in [1.54, 1.807) is 0 Å². The fraction of sp³-hybridized carbons (Fsp3) is 0.412. The van der Waals surface area contributed by atoms with Crippen LogP contribution >= 0.6 is 11.6 Å². The van der Waals surface area contributed by atoms with Gasteiger partial charge < -0.3 is 10.6 Å². The lowest BCUT2D eigenvalue weighted by atomic mass is 10.0. The van der Waals surface area contributed by atoms with Gasteiger partial charge in [0, 0.05) is 17.7 Å². The van der Waals surface area contributed by atoms with Crippen LogP contribution in [-0.4, -0.2) is 34.5 Å². The molecule has 1 aromatic carbocycles. The van der Waals surface area contributed by atoms with Crippen LogP contribution in [-0.2, 0) is 11.3 Å². The Morgan fingerprint density at radius 1 is 1.31 bits per heavy atom. The number of hydrogen-bond donors (Lipinski definition) is 1. The summed E-state index contributed by atoms with van der Waals surface area (Å²) in [5, 5.41) is -0.153. The fourth-order valence-corrected chi connectivity index (χ4v) is 3.29. The van der Waals surface area contributed by atoms with Crippen LogP contribution in [0.5, 0.6) is 0 Å². The molecule has 1 heterocycles. The fourth-order valence-electron chi connectivity index (χ4n) is 3.03. The first-order valence-electron chi connectivity index (χ1n) is 8.00. The van der Waals surface area contributed by atoms with Crippen molar-refractivity contribution in [1.29, 1.82) is 0 Å². The first-order valence-corrected chi connectivity index (χ1v) is 8.37. The Balaban J connectivity index is 1.81. The number of halogens is 5. The molecular weight excluding hydrogens is 374 g/mol. The van der Waals surface area contributed by atoms with E-state index in [-0.39, 0.29) is 54.4 Å². The van der Waals surface area contributed by atoms with E-state index in [4.69, 9.17) is 17.3 Å². The second kappa shape index (κ2) is 6.90. The van der Waals surface area contributed by atoms with Crippen LogP contribution in [0.15, 0.2) is 34.5 Å². The summed E-state index contributed by atoms with van der Waals surface area (Å²) in [6, 6.07) is 3.42. The Bertz CT molecular complexity index is 785. The van der Waals surface area contributed by atoms with Gasteiger partial charge >= 0.3 is 0 Å². The van der Waals surface area contributed by atoms with Gasteiger partial charge in [-0.3, -0.25) is 9.79 Å². The van der Waals surface area contributed by atoms with Crippen molar-refractivity contribution in [3.63, 3.8) is 0 Å².